The van der Waals surface area contributed by atoms with Crippen molar-refractivity contribution in [2.45, 2.75) is 32.2 Å². The predicted molar refractivity (Wildman–Crippen MR) is 121 cm³/mol. The number of carbonyl (C=O) groups is 2. The molecule has 3 amide bonds. The molecule has 0 saturated carbocycles. The van der Waals surface area contributed by atoms with Crippen LogP contribution in [0.3, 0.4) is 0 Å². The first kappa shape index (κ1) is 20.8. The van der Waals surface area contributed by atoms with Crippen molar-refractivity contribution >= 4 is 34.6 Å². The lowest BCUT2D eigenvalue weighted by Gasteiger charge is -2.36. The fourth-order valence-corrected chi connectivity index (χ4v) is 4.80. The smallest absolute Gasteiger partial charge is 0.322 e. The van der Waals surface area contributed by atoms with Crippen LogP contribution >= 0.6 is 11.3 Å². The van der Waals surface area contributed by atoms with Gasteiger partial charge in [-0.05, 0) is 29.7 Å². The Bertz CT molecular complexity index is 1130. The molecule has 160 valence electrons. The third-order valence-corrected chi connectivity index (χ3v) is 6.50. The van der Waals surface area contributed by atoms with E-state index in [1.165, 1.54) is 11.3 Å². The number of thiazole rings is 1. The molecule has 0 radical (unpaired) electrons. The quantitative estimate of drug-likeness (QED) is 0.539. The molecule has 1 atom stereocenters. The summed E-state index contributed by atoms with van der Waals surface area (Å²) in [6.45, 7) is 4.63. The Morgan fingerprint density at radius 1 is 1.29 bits per heavy atom. The topological polar surface area (TPSA) is 127 Å². The molecule has 0 bridgehead atoms. The van der Waals surface area contributed by atoms with Crippen LogP contribution in [0.4, 0.5) is 16.2 Å². The van der Waals surface area contributed by atoms with Crippen molar-refractivity contribution in [3.63, 3.8) is 0 Å². The predicted octanol–water partition coefficient (Wildman–Crippen LogP) is 3.52. The van der Waals surface area contributed by atoms with E-state index in [1.54, 1.807) is 29.4 Å². The largest absolute Gasteiger partial charge is 0.398 e. The summed E-state index contributed by atoms with van der Waals surface area (Å²) in [6.07, 6.45) is 3.76. The molecule has 8 nitrogen and oxygen atoms in total. The number of primary amides is 1. The maximum Gasteiger partial charge on any atom is 0.322 e. The number of hydrogen-bond acceptors (Lipinski definition) is 6. The van der Waals surface area contributed by atoms with Gasteiger partial charge in [-0.3, -0.25) is 9.78 Å². The number of pyridine rings is 1. The van der Waals surface area contributed by atoms with E-state index < -0.39 is 11.9 Å². The van der Waals surface area contributed by atoms with Gasteiger partial charge in [0.2, 0.25) is 0 Å². The number of carbonyl (C=O) groups excluding carboxylic acids is 2. The fraction of sp³-hybridized carbons (Fsp3) is 0.273. The molecule has 1 aliphatic rings. The fourth-order valence-electron chi connectivity index (χ4n) is 3.71. The number of fused-ring (bicyclic) bond motifs is 1. The van der Waals surface area contributed by atoms with Crippen LogP contribution in [0.2, 0.25) is 0 Å². The van der Waals surface area contributed by atoms with Gasteiger partial charge >= 0.3 is 6.03 Å². The molecular weight excluding hydrogens is 412 g/mol. The molecular formula is C22H24N6O2S. The summed E-state index contributed by atoms with van der Waals surface area (Å²) in [5, 5.41) is 3.14. The van der Waals surface area contributed by atoms with Crippen molar-refractivity contribution in [3.05, 3.63) is 69.4 Å². The highest BCUT2D eigenvalue weighted by Gasteiger charge is 2.36. The Kier molecular flexibility index (Phi) is 5.60. The van der Waals surface area contributed by atoms with Gasteiger partial charge in [0.15, 0.2) is 5.01 Å². The summed E-state index contributed by atoms with van der Waals surface area (Å²) in [7, 11) is 0. The number of benzene rings is 1. The minimum atomic E-state index is -0.576. The van der Waals surface area contributed by atoms with Gasteiger partial charge in [0.05, 0.1) is 28.5 Å². The monoisotopic (exact) mass is 436 g/mol. The molecule has 1 aromatic carbocycles. The van der Waals surface area contributed by atoms with Gasteiger partial charge in [-0.15, -0.1) is 11.3 Å². The normalized spacial score (nSPS) is 15.6. The van der Waals surface area contributed by atoms with Gasteiger partial charge in [-0.25, -0.2) is 9.78 Å². The van der Waals surface area contributed by atoms with Gasteiger partial charge in [0, 0.05) is 30.4 Å². The first-order chi connectivity index (χ1) is 14.8. The second-order valence-corrected chi connectivity index (χ2v) is 8.79. The standard InChI is InChI=1S/C22H24N6O2S/c1-12(2)13-5-6-16(23)15(10-13)18-19-17(27-21(31-19)20(24)29)7-9-28(18)22(30)26-14-4-3-8-25-11-14/h3-6,8,10-12,18H,7,9,23H2,1-2H3,(H2,24,29)(H,26,30). The molecule has 1 aliphatic heterocycles. The van der Waals surface area contributed by atoms with Crippen LogP contribution in [-0.2, 0) is 6.42 Å². The van der Waals surface area contributed by atoms with E-state index in [1.807, 2.05) is 18.2 Å². The van der Waals surface area contributed by atoms with Crippen molar-refractivity contribution in [3.8, 4) is 0 Å². The van der Waals surface area contributed by atoms with Crippen molar-refractivity contribution in [1.29, 1.82) is 0 Å². The maximum absolute atomic E-state index is 13.3. The van der Waals surface area contributed by atoms with E-state index in [0.717, 1.165) is 21.7 Å². The van der Waals surface area contributed by atoms with E-state index in [2.05, 4.69) is 29.1 Å². The van der Waals surface area contributed by atoms with Crippen molar-refractivity contribution in [2.75, 3.05) is 17.6 Å². The second-order valence-electron chi connectivity index (χ2n) is 7.76. The molecule has 1 unspecified atom stereocenters. The zero-order valence-corrected chi connectivity index (χ0v) is 18.1. The molecule has 0 spiro atoms. The lowest BCUT2D eigenvalue weighted by molar-refractivity contribution is 0.0999. The molecule has 31 heavy (non-hydrogen) atoms. The highest BCUT2D eigenvalue weighted by atomic mass is 32.1. The Morgan fingerprint density at radius 2 is 2.10 bits per heavy atom. The number of hydrogen-bond donors (Lipinski definition) is 3. The van der Waals surface area contributed by atoms with Gasteiger partial charge in [0.25, 0.3) is 5.91 Å². The molecule has 9 heteroatoms. The van der Waals surface area contributed by atoms with E-state index >= 15 is 0 Å². The third-order valence-electron chi connectivity index (χ3n) is 5.33. The van der Waals surface area contributed by atoms with Gasteiger partial charge in [-0.1, -0.05) is 26.0 Å². The number of nitrogens with zero attached hydrogens (tertiary/aromatic N) is 3. The average molecular weight is 437 g/mol. The van der Waals surface area contributed by atoms with E-state index in [4.69, 9.17) is 11.5 Å². The van der Waals surface area contributed by atoms with Crippen LogP contribution in [0, 0.1) is 0 Å². The van der Waals surface area contributed by atoms with Gasteiger partial charge in [-0.2, -0.15) is 0 Å². The van der Waals surface area contributed by atoms with E-state index in [9.17, 15) is 9.59 Å². The molecule has 0 fully saturated rings. The van der Waals surface area contributed by atoms with Crippen LogP contribution in [0.1, 0.15) is 57.3 Å². The summed E-state index contributed by atoms with van der Waals surface area (Å²) in [6, 6.07) is 8.69. The number of rotatable bonds is 4. The third kappa shape index (κ3) is 4.09. The highest BCUT2D eigenvalue weighted by molar-refractivity contribution is 7.13. The Balaban J connectivity index is 1.80. The molecule has 3 heterocycles. The number of anilines is 2. The van der Waals surface area contributed by atoms with Crippen molar-refractivity contribution < 1.29 is 9.59 Å². The maximum atomic E-state index is 13.3. The minimum absolute atomic E-state index is 0.239. The zero-order valence-electron chi connectivity index (χ0n) is 17.3. The summed E-state index contributed by atoms with van der Waals surface area (Å²) in [4.78, 5) is 36.1. The molecule has 5 N–H and O–H groups in total. The molecule has 0 aliphatic carbocycles. The van der Waals surface area contributed by atoms with Crippen molar-refractivity contribution in [2.24, 2.45) is 5.73 Å². The lowest BCUT2D eigenvalue weighted by Crippen LogP contribution is -2.42. The molecule has 4 rings (SSSR count). The zero-order chi connectivity index (χ0) is 22.1. The van der Waals surface area contributed by atoms with Crippen LogP contribution in [0.15, 0.2) is 42.7 Å². The summed E-state index contributed by atoms with van der Waals surface area (Å²) in [5.41, 5.74) is 15.8. The van der Waals surface area contributed by atoms with E-state index in [-0.39, 0.29) is 11.0 Å². The van der Waals surface area contributed by atoms with Crippen molar-refractivity contribution in [1.82, 2.24) is 14.9 Å². The number of aromatic nitrogens is 2. The summed E-state index contributed by atoms with van der Waals surface area (Å²) >= 11 is 1.22. The SMILES string of the molecule is CC(C)c1ccc(N)c(C2c3sc(C(N)=O)nc3CCN2C(=O)Nc2cccnc2)c1. The van der Waals surface area contributed by atoms with E-state index in [0.29, 0.717) is 30.3 Å². The Morgan fingerprint density at radius 3 is 2.77 bits per heavy atom. The summed E-state index contributed by atoms with van der Waals surface area (Å²) < 4.78 is 0. The first-order valence-corrected chi connectivity index (χ1v) is 10.8. The van der Waals surface area contributed by atoms with Gasteiger partial charge in [0.1, 0.15) is 0 Å². The number of urea groups is 1. The van der Waals surface area contributed by atoms with Crippen LogP contribution in [0.5, 0.6) is 0 Å². The summed E-state index contributed by atoms with van der Waals surface area (Å²) in [5.74, 6) is -0.281. The lowest BCUT2D eigenvalue weighted by atomic mass is 9.92. The minimum Gasteiger partial charge on any atom is -0.398 e. The number of nitrogens with two attached hydrogens (primary N) is 2. The van der Waals surface area contributed by atoms with Crippen LogP contribution < -0.4 is 16.8 Å². The van der Waals surface area contributed by atoms with Crippen LogP contribution in [-0.4, -0.2) is 33.4 Å². The Labute approximate surface area is 184 Å². The number of nitrogens with one attached hydrogen (secondary N) is 1. The second kappa shape index (κ2) is 8.35. The molecule has 0 saturated heterocycles. The number of nitrogen functional groups attached to an aromatic ring is 1. The molecule has 3 aromatic rings. The molecule has 2 aromatic heterocycles. The average Bonchev–Trinajstić information content (AvgIpc) is 3.19. The van der Waals surface area contributed by atoms with Gasteiger partial charge < -0.3 is 21.7 Å². The number of amides is 3. The highest BCUT2D eigenvalue weighted by Crippen LogP contribution is 2.41. The van der Waals surface area contributed by atoms with Crippen LogP contribution in [0.25, 0.3) is 0 Å². The first-order valence-electron chi connectivity index (χ1n) is 10.0. The Hall–Kier alpha value is -3.46.